The number of piperazine rings is 1. The first kappa shape index (κ1) is 18.8. The average Bonchev–Trinajstić information content (AvgIpc) is 2.70. The molecule has 3 rings (SSSR count). The van der Waals surface area contributed by atoms with E-state index in [0.717, 1.165) is 37.6 Å². The van der Waals surface area contributed by atoms with Crippen LogP contribution in [0.25, 0.3) is 0 Å². The lowest BCUT2D eigenvalue weighted by molar-refractivity contribution is -0.892. The van der Waals surface area contributed by atoms with Gasteiger partial charge in [0, 0.05) is 11.8 Å². The van der Waals surface area contributed by atoms with Crippen molar-refractivity contribution in [3.8, 4) is 0 Å². The Kier molecular flexibility index (Phi) is 6.03. The molecule has 3 N–H and O–H groups in total. The molecule has 0 bridgehead atoms. The number of aromatic amines is 1. The fourth-order valence-electron chi connectivity index (χ4n) is 3.24. The van der Waals surface area contributed by atoms with Crippen molar-refractivity contribution in [3.05, 3.63) is 53.7 Å². The molecule has 0 spiro atoms. The first-order valence-electron chi connectivity index (χ1n) is 9.11. The minimum atomic E-state index is -0.412. The highest BCUT2D eigenvalue weighted by molar-refractivity contribution is 5.95. The summed E-state index contributed by atoms with van der Waals surface area (Å²) in [5.41, 5.74) is 1.99. The number of H-pyrrole nitrogens is 1. The highest BCUT2D eigenvalue weighted by Crippen LogP contribution is 2.17. The number of hydrogen-bond acceptors (Lipinski definition) is 4. The Morgan fingerprint density at radius 1 is 1.22 bits per heavy atom. The van der Waals surface area contributed by atoms with E-state index in [1.54, 1.807) is 12.1 Å². The number of aryl methyl sites for hydroxylation is 1. The number of hydrogen-bond donors (Lipinski definition) is 2. The Hall–Kier alpha value is -2.93. The number of methoxy groups -OCH3 is 1. The summed E-state index contributed by atoms with van der Waals surface area (Å²) >= 11 is 0. The number of anilines is 2. The molecule has 0 atom stereocenters. The van der Waals surface area contributed by atoms with Gasteiger partial charge in [0.25, 0.3) is 11.7 Å². The van der Waals surface area contributed by atoms with E-state index in [9.17, 15) is 9.59 Å². The smallest absolute Gasteiger partial charge is 0.337 e. The zero-order valence-electron chi connectivity index (χ0n) is 15.7. The third-order valence-corrected chi connectivity index (χ3v) is 4.85. The molecule has 1 saturated heterocycles. The van der Waals surface area contributed by atoms with Crippen LogP contribution in [0.2, 0.25) is 0 Å². The largest absolute Gasteiger partial charge is 0.465 e. The molecule has 27 heavy (non-hydrogen) atoms. The van der Waals surface area contributed by atoms with Crippen LogP contribution in [0.3, 0.4) is 0 Å². The zero-order valence-corrected chi connectivity index (χ0v) is 15.7. The van der Waals surface area contributed by atoms with Gasteiger partial charge in [-0.3, -0.25) is 9.69 Å². The monoisotopic (exact) mass is 370 g/mol. The second-order valence-corrected chi connectivity index (χ2v) is 6.73. The van der Waals surface area contributed by atoms with Crippen LogP contribution in [-0.4, -0.2) is 51.7 Å². The summed E-state index contributed by atoms with van der Waals surface area (Å²) in [4.78, 5) is 30.9. The molecule has 1 aromatic heterocycles. The number of esters is 1. The van der Waals surface area contributed by atoms with Crippen molar-refractivity contribution in [2.24, 2.45) is 0 Å². The maximum Gasteiger partial charge on any atom is 0.337 e. The number of carbonyl (C=O) groups excluding carboxylic acids is 2. The Labute approximate surface area is 158 Å². The molecule has 0 unspecified atom stereocenters. The average molecular weight is 370 g/mol. The zero-order chi connectivity index (χ0) is 19.2. The quantitative estimate of drug-likeness (QED) is 0.723. The second-order valence-electron chi connectivity index (χ2n) is 6.73. The Balaban J connectivity index is 1.54. The summed E-state index contributed by atoms with van der Waals surface area (Å²) in [5.74, 6) is 0.649. The number of nitrogens with one attached hydrogen (secondary N) is 3. The van der Waals surface area contributed by atoms with Gasteiger partial charge in [-0.25, -0.2) is 9.78 Å². The van der Waals surface area contributed by atoms with Crippen LogP contribution >= 0.6 is 0 Å². The van der Waals surface area contributed by atoms with Crippen LogP contribution in [0.5, 0.6) is 0 Å². The van der Waals surface area contributed by atoms with Gasteiger partial charge in [0.15, 0.2) is 6.54 Å². The third kappa shape index (κ3) is 4.83. The highest BCUT2D eigenvalue weighted by Gasteiger charge is 2.27. The minimum Gasteiger partial charge on any atom is -0.465 e. The number of ether oxygens (including phenoxy) is 1. The van der Waals surface area contributed by atoms with E-state index in [0.29, 0.717) is 17.8 Å². The van der Waals surface area contributed by atoms with Crippen molar-refractivity contribution in [1.82, 2.24) is 0 Å². The fraction of sp³-hybridized carbons (Fsp3) is 0.350. The summed E-state index contributed by atoms with van der Waals surface area (Å²) in [5, 5.41) is 2.93. The SMILES string of the molecule is COC(=O)c1ccc(C)c(NC(=O)C[NH+]2CCN(c3cccc[nH+]3)CC2)c1. The molecule has 0 aliphatic carbocycles. The number of pyridine rings is 1. The molecule has 1 aromatic carbocycles. The van der Waals surface area contributed by atoms with Gasteiger partial charge in [0.1, 0.15) is 26.2 Å². The van der Waals surface area contributed by atoms with Crippen molar-refractivity contribution in [3.63, 3.8) is 0 Å². The normalized spacial score (nSPS) is 14.7. The topological polar surface area (TPSA) is 77.2 Å². The first-order chi connectivity index (χ1) is 13.1. The number of carbonyl (C=O) groups is 2. The highest BCUT2D eigenvalue weighted by atomic mass is 16.5. The standard InChI is InChI=1S/C20H24N4O3/c1-15-6-7-16(20(26)27-2)13-17(15)22-19(25)14-23-9-11-24(12-10-23)18-5-3-4-8-21-18/h3-8,13H,9-12,14H2,1-2H3,(H,22,25)/p+2. The number of quaternary nitrogens is 1. The molecule has 1 aliphatic rings. The molecule has 142 valence electrons. The maximum absolute atomic E-state index is 12.5. The molecule has 7 nitrogen and oxygen atoms in total. The minimum absolute atomic E-state index is 0.0464. The lowest BCUT2D eigenvalue weighted by atomic mass is 10.1. The third-order valence-electron chi connectivity index (χ3n) is 4.85. The second kappa shape index (κ2) is 8.64. The Morgan fingerprint density at radius 3 is 2.67 bits per heavy atom. The number of aromatic nitrogens is 1. The molecule has 7 heteroatoms. The molecular formula is C20H26N4O3+2. The summed E-state index contributed by atoms with van der Waals surface area (Å²) in [7, 11) is 1.34. The van der Waals surface area contributed by atoms with Gasteiger partial charge in [-0.2, -0.15) is 0 Å². The molecule has 2 heterocycles. The van der Waals surface area contributed by atoms with E-state index in [-0.39, 0.29) is 5.91 Å². The van der Waals surface area contributed by atoms with Crippen LogP contribution in [0.15, 0.2) is 42.6 Å². The molecule has 0 radical (unpaired) electrons. The van der Waals surface area contributed by atoms with Crippen LogP contribution in [0.1, 0.15) is 15.9 Å². The Bertz CT molecular complexity index is 802. The van der Waals surface area contributed by atoms with Gasteiger partial charge in [-0.1, -0.05) is 12.1 Å². The molecule has 0 saturated carbocycles. The number of benzene rings is 1. The Morgan fingerprint density at radius 2 is 2.00 bits per heavy atom. The fourth-order valence-corrected chi connectivity index (χ4v) is 3.24. The van der Waals surface area contributed by atoms with Gasteiger partial charge in [-0.15, -0.1) is 0 Å². The van der Waals surface area contributed by atoms with Crippen molar-refractivity contribution in [2.45, 2.75) is 6.92 Å². The van der Waals surface area contributed by atoms with Crippen molar-refractivity contribution >= 4 is 23.4 Å². The molecular weight excluding hydrogens is 344 g/mol. The van der Waals surface area contributed by atoms with Crippen LogP contribution in [-0.2, 0) is 9.53 Å². The maximum atomic E-state index is 12.5. The van der Waals surface area contributed by atoms with E-state index in [2.05, 4.69) is 21.3 Å². The van der Waals surface area contributed by atoms with Gasteiger partial charge in [0.2, 0.25) is 0 Å². The van der Waals surface area contributed by atoms with E-state index < -0.39 is 5.97 Å². The van der Waals surface area contributed by atoms with E-state index in [1.807, 2.05) is 31.3 Å². The summed E-state index contributed by atoms with van der Waals surface area (Å²) in [6.07, 6.45) is 1.92. The van der Waals surface area contributed by atoms with E-state index in [1.165, 1.54) is 12.0 Å². The van der Waals surface area contributed by atoms with Crippen molar-refractivity contribution in [2.75, 3.05) is 50.1 Å². The number of amides is 1. The van der Waals surface area contributed by atoms with Crippen LogP contribution in [0, 0.1) is 6.92 Å². The number of nitrogens with zero attached hydrogens (tertiary/aromatic N) is 1. The molecule has 1 amide bonds. The van der Waals surface area contributed by atoms with Gasteiger partial charge in [0.05, 0.1) is 18.9 Å². The number of rotatable bonds is 5. The predicted octanol–water partition coefficient (Wildman–Crippen LogP) is -0.0607. The molecule has 1 aliphatic heterocycles. The first-order valence-corrected chi connectivity index (χ1v) is 9.11. The van der Waals surface area contributed by atoms with E-state index in [4.69, 9.17) is 4.74 Å². The van der Waals surface area contributed by atoms with Crippen molar-refractivity contribution in [1.29, 1.82) is 0 Å². The van der Waals surface area contributed by atoms with Gasteiger partial charge in [-0.05, 0) is 30.7 Å². The summed E-state index contributed by atoms with van der Waals surface area (Å²) in [6, 6.07) is 11.2. The van der Waals surface area contributed by atoms with Crippen molar-refractivity contribution < 1.29 is 24.2 Å². The van der Waals surface area contributed by atoms with Gasteiger partial charge < -0.3 is 15.0 Å². The lowest BCUT2D eigenvalue weighted by Crippen LogP contribution is -3.15. The van der Waals surface area contributed by atoms with Gasteiger partial charge >= 0.3 is 5.97 Å². The summed E-state index contributed by atoms with van der Waals surface area (Å²) in [6.45, 7) is 5.92. The predicted molar refractivity (Wildman–Crippen MR) is 102 cm³/mol. The van der Waals surface area contributed by atoms with Crippen LogP contribution < -0.4 is 20.1 Å². The van der Waals surface area contributed by atoms with Crippen LogP contribution in [0.4, 0.5) is 11.5 Å². The summed E-state index contributed by atoms with van der Waals surface area (Å²) < 4.78 is 4.74. The molecule has 2 aromatic rings. The van der Waals surface area contributed by atoms with E-state index >= 15 is 0 Å². The molecule has 1 fully saturated rings. The lowest BCUT2D eigenvalue weighted by Gasteiger charge is -2.27.